The predicted octanol–water partition coefficient (Wildman–Crippen LogP) is 5.52. The highest BCUT2D eigenvalue weighted by Crippen LogP contribution is 2.40. The van der Waals surface area contributed by atoms with Gasteiger partial charge in [0.05, 0.1) is 20.3 Å². The van der Waals surface area contributed by atoms with Crippen molar-refractivity contribution in [3.63, 3.8) is 0 Å². The minimum Gasteiger partial charge on any atom is -0.493 e. The molecule has 8 heteroatoms. The number of methoxy groups -OCH3 is 2. The molecule has 5 rings (SSSR count). The van der Waals surface area contributed by atoms with E-state index in [1.807, 2.05) is 24.3 Å². The molecular formula is C32H42N4O3S. The van der Waals surface area contributed by atoms with Crippen molar-refractivity contribution in [2.45, 2.75) is 38.9 Å². The Labute approximate surface area is 242 Å². The Hall–Kier alpha value is -3.07. The number of carbonyl (C=O) groups is 1. The number of anilines is 1. The Morgan fingerprint density at radius 3 is 2.50 bits per heavy atom. The maximum Gasteiger partial charge on any atom is 0.255 e. The zero-order chi connectivity index (χ0) is 28.1. The predicted molar refractivity (Wildman–Crippen MR) is 163 cm³/mol. The first-order valence-electron chi connectivity index (χ1n) is 14.3. The molecule has 3 aromatic rings. The SMILES string of the molecule is CCN1CCN(c2cccc3c2CN([C@H](CCCN(C)Cc2cccs2)c2ccc(OC)c(OC)c2)C3=O)CC1. The third-order valence-electron chi connectivity index (χ3n) is 8.32. The summed E-state index contributed by atoms with van der Waals surface area (Å²) in [5.41, 5.74) is 4.30. The molecule has 0 aliphatic carbocycles. The summed E-state index contributed by atoms with van der Waals surface area (Å²) >= 11 is 1.80. The van der Waals surface area contributed by atoms with Crippen LogP contribution in [-0.4, -0.2) is 81.1 Å². The van der Waals surface area contributed by atoms with Gasteiger partial charge in [0.15, 0.2) is 11.5 Å². The van der Waals surface area contributed by atoms with Crippen LogP contribution in [0.1, 0.15) is 52.2 Å². The van der Waals surface area contributed by atoms with Gasteiger partial charge in [-0.05, 0) is 74.3 Å². The van der Waals surface area contributed by atoms with Gasteiger partial charge in [0, 0.05) is 61.0 Å². The van der Waals surface area contributed by atoms with Crippen LogP contribution in [0.3, 0.4) is 0 Å². The highest BCUT2D eigenvalue weighted by molar-refractivity contribution is 7.09. The maximum absolute atomic E-state index is 14.0. The first kappa shape index (κ1) is 28.5. The first-order valence-corrected chi connectivity index (χ1v) is 15.2. The van der Waals surface area contributed by atoms with E-state index in [-0.39, 0.29) is 11.9 Å². The number of nitrogens with zero attached hydrogens (tertiary/aromatic N) is 4. The molecule has 1 fully saturated rings. The van der Waals surface area contributed by atoms with Crippen molar-refractivity contribution in [3.8, 4) is 11.5 Å². The van der Waals surface area contributed by atoms with Gasteiger partial charge in [-0.2, -0.15) is 0 Å². The highest BCUT2D eigenvalue weighted by Gasteiger charge is 2.36. The van der Waals surface area contributed by atoms with Gasteiger partial charge in [0.1, 0.15) is 0 Å². The Morgan fingerprint density at radius 2 is 1.80 bits per heavy atom. The Bertz CT molecular complexity index is 1270. The van der Waals surface area contributed by atoms with Crippen molar-refractivity contribution in [1.82, 2.24) is 14.7 Å². The number of likely N-dealkylation sites (N-methyl/N-ethyl adjacent to an activating group) is 1. The molecule has 0 spiro atoms. The summed E-state index contributed by atoms with van der Waals surface area (Å²) in [6, 6.07) is 16.6. The van der Waals surface area contributed by atoms with E-state index >= 15 is 0 Å². The monoisotopic (exact) mass is 562 g/mol. The van der Waals surface area contributed by atoms with Gasteiger partial charge in [-0.15, -0.1) is 11.3 Å². The summed E-state index contributed by atoms with van der Waals surface area (Å²) in [5, 5.41) is 2.13. The largest absolute Gasteiger partial charge is 0.493 e. The lowest BCUT2D eigenvalue weighted by Gasteiger charge is -2.36. The van der Waals surface area contributed by atoms with Crippen molar-refractivity contribution in [3.05, 3.63) is 75.5 Å². The summed E-state index contributed by atoms with van der Waals surface area (Å²) in [5.74, 6) is 1.51. The van der Waals surface area contributed by atoms with Crippen LogP contribution in [-0.2, 0) is 13.1 Å². The molecule has 214 valence electrons. The van der Waals surface area contributed by atoms with Crippen LogP contribution in [0.15, 0.2) is 53.9 Å². The van der Waals surface area contributed by atoms with Gasteiger partial charge in [-0.25, -0.2) is 0 Å². The molecule has 0 bridgehead atoms. The molecule has 3 heterocycles. The fraction of sp³-hybridized carbons (Fsp3) is 0.469. The molecule has 1 atom stereocenters. The molecule has 0 radical (unpaired) electrons. The lowest BCUT2D eigenvalue weighted by molar-refractivity contribution is 0.0686. The van der Waals surface area contributed by atoms with Crippen molar-refractivity contribution in [2.24, 2.45) is 0 Å². The average Bonchev–Trinajstić information content (AvgIpc) is 3.62. The number of piperazine rings is 1. The van der Waals surface area contributed by atoms with Gasteiger partial charge in [-0.3, -0.25) is 4.79 Å². The van der Waals surface area contributed by atoms with Crippen LogP contribution >= 0.6 is 11.3 Å². The van der Waals surface area contributed by atoms with Crippen LogP contribution in [0, 0.1) is 0 Å². The number of hydrogen-bond donors (Lipinski definition) is 0. The van der Waals surface area contributed by atoms with Crippen LogP contribution in [0.5, 0.6) is 11.5 Å². The van der Waals surface area contributed by atoms with Crippen molar-refractivity contribution < 1.29 is 14.3 Å². The topological polar surface area (TPSA) is 48.5 Å². The summed E-state index contributed by atoms with van der Waals surface area (Å²) in [7, 11) is 5.49. The number of amides is 1. The fourth-order valence-corrected chi connectivity index (χ4v) is 6.84. The normalized spacial score (nSPS) is 16.5. The zero-order valence-corrected chi connectivity index (χ0v) is 25.1. The molecule has 7 nitrogen and oxygen atoms in total. The maximum atomic E-state index is 14.0. The number of hydrogen-bond acceptors (Lipinski definition) is 7. The first-order chi connectivity index (χ1) is 19.5. The lowest BCUT2D eigenvalue weighted by Crippen LogP contribution is -2.46. The summed E-state index contributed by atoms with van der Waals surface area (Å²) < 4.78 is 11.2. The number of carbonyl (C=O) groups excluding carboxylic acids is 1. The molecule has 1 aromatic heterocycles. The Morgan fingerprint density at radius 1 is 1.00 bits per heavy atom. The zero-order valence-electron chi connectivity index (χ0n) is 24.3. The molecular weight excluding hydrogens is 520 g/mol. The molecule has 0 unspecified atom stereocenters. The molecule has 40 heavy (non-hydrogen) atoms. The Kier molecular flexibility index (Phi) is 9.29. The van der Waals surface area contributed by atoms with Crippen LogP contribution in [0.25, 0.3) is 0 Å². The molecule has 1 saturated heterocycles. The number of fused-ring (bicyclic) bond motifs is 1. The van der Waals surface area contributed by atoms with E-state index < -0.39 is 0 Å². The second-order valence-corrected chi connectivity index (χ2v) is 11.8. The second-order valence-electron chi connectivity index (χ2n) is 10.7. The second kappa shape index (κ2) is 13.1. The fourth-order valence-electron chi connectivity index (χ4n) is 6.06. The highest BCUT2D eigenvalue weighted by atomic mass is 32.1. The van der Waals surface area contributed by atoms with Crippen LogP contribution in [0.2, 0.25) is 0 Å². The van der Waals surface area contributed by atoms with E-state index in [2.05, 4.69) is 63.2 Å². The summed E-state index contributed by atoms with van der Waals surface area (Å²) in [6.45, 7) is 9.95. The Balaban J connectivity index is 1.38. The van der Waals surface area contributed by atoms with E-state index in [9.17, 15) is 4.79 Å². The van der Waals surface area contributed by atoms with Gasteiger partial charge in [0.2, 0.25) is 0 Å². The molecule has 2 aromatic carbocycles. The minimum absolute atomic E-state index is 0.0559. The quantitative estimate of drug-likeness (QED) is 0.290. The molecule has 1 amide bonds. The lowest BCUT2D eigenvalue weighted by atomic mass is 9.99. The third-order valence-corrected chi connectivity index (χ3v) is 9.18. The van der Waals surface area contributed by atoms with Crippen LogP contribution < -0.4 is 14.4 Å². The van der Waals surface area contributed by atoms with E-state index in [1.165, 1.54) is 10.6 Å². The molecule has 2 aliphatic rings. The molecule has 0 saturated carbocycles. The van der Waals surface area contributed by atoms with Crippen molar-refractivity contribution >= 4 is 22.9 Å². The van der Waals surface area contributed by atoms with Gasteiger partial charge in [0.25, 0.3) is 5.91 Å². The number of rotatable bonds is 12. The summed E-state index contributed by atoms with van der Waals surface area (Å²) in [4.78, 5) is 24.7. The number of ether oxygens (including phenoxy) is 2. The minimum atomic E-state index is -0.0559. The van der Waals surface area contributed by atoms with Crippen molar-refractivity contribution in [1.29, 1.82) is 0 Å². The average molecular weight is 563 g/mol. The van der Waals surface area contributed by atoms with E-state index in [0.29, 0.717) is 18.0 Å². The summed E-state index contributed by atoms with van der Waals surface area (Å²) in [6.07, 6.45) is 1.85. The van der Waals surface area contributed by atoms with Crippen molar-refractivity contribution in [2.75, 3.05) is 65.4 Å². The molecule has 2 aliphatic heterocycles. The van der Waals surface area contributed by atoms with Gasteiger partial charge >= 0.3 is 0 Å². The molecule has 0 N–H and O–H groups in total. The van der Waals surface area contributed by atoms with E-state index in [4.69, 9.17) is 9.47 Å². The number of benzene rings is 2. The number of thiophene rings is 1. The smallest absolute Gasteiger partial charge is 0.255 e. The van der Waals surface area contributed by atoms with E-state index in [0.717, 1.165) is 75.3 Å². The standard InChI is InChI=1S/C32H42N4O3S/c1-5-34-16-18-35(19-17-34)29-11-6-10-26-27(29)23-36(32(26)37)28(24-13-14-30(38-3)31(21-24)39-4)12-7-15-33(2)22-25-9-8-20-40-25/h6,8-11,13-14,20-21,28H,5,7,12,15-19,22-23H2,1-4H3/t28-/m1/s1. The third kappa shape index (κ3) is 6.14. The van der Waals surface area contributed by atoms with E-state index in [1.54, 1.807) is 25.6 Å². The van der Waals surface area contributed by atoms with Gasteiger partial charge in [-0.1, -0.05) is 25.1 Å². The van der Waals surface area contributed by atoms with Gasteiger partial charge < -0.3 is 29.1 Å². The van der Waals surface area contributed by atoms with Crippen LogP contribution in [0.4, 0.5) is 5.69 Å².